The van der Waals surface area contributed by atoms with Gasteiger partial charge < -0.3 is 20.4 Å². The van der Waals surface area contributed by atoms with E-state index in [0.29, 0.717) is 48.3 Å². The smallest absolute Gasteiger partial charge is 0.162 e. The van der Waals surface area contributed by atoms with Crippen LogP contribution < -0.4 is 0 Å². The van der Waals surface area contributed by atoms with Crippen LogP contribution in [-0.4, -0.2) is 63.5 Å². The van der Waals surface area contributed by atoms with Gasteiger partial charge in [-0.15, -0.1) is 140 Å². The van der Waals surface area contributed by atoms with Crippen LogP contribution in [0.1, 0.15) is 281 Å². The fourth-order valence-corrected chi connectivity index (χ4v) is 15.1. The molecule has 0 saturated carbocycles. The molecule has 12 nitrogen and oxygen atoms in total. The molecule has 0 aliphatic rings. The first-order valence-corrected chi connectivity index (χ1v) is 46.6. The van der Waals surface area contributed by atoms with Gasteiger partial charge >= 0.3 is 0 Å². The molecule has 0 fully saturated rings. The van der Waals surface area contributed by atoms with E-state index in [4.69, 9.17) is 25.0 Å². The van der Waals surface area contributed by atoms with Gasteiger partial charge in [-0.05, 0) is 144 Å². The number of aliphatic hydroxyl groups excluding tert-OH is 4. The summed E-state index contributed by atoms with van der Waals surface area (Å²) < 4.78 is 0. The van der Waals surface area contributed by atoms with E-state index in [1.54, 1.807) is 0 Å². The summed E-state index contributed by atoms with van der Waals surface area (Å²) in [6, 6.07) is 73.5. The van der Waals surface area contributed by atoms with E-state index < -0.39 is 0 Å². The van der Waals surface area contributed by atoms with Crippen molar-refractivity contribution in [3.05, 3.63) is 308 Å². The molecular formula is C118H148Ir4N4O8-4. The van der Waals surface area contributed by atoms with E-state index in [-0.39, 0.29) is 150 Å². The number of hydrogen-bond acceptors (Lipinski definition) is 12. The maximum atomic E-state index is 11.7. The van der Waals surface area contributed by atoms with Crippen LogP contribution in [0.15, 0.2) is 217 Å². The largest absolute Gasteiger partial charge is 0.512 e. The maximum absolute atomic E-state index is 11.7. The number of fused-ring (bicyclic) bond motifs is 4. The first-order chi connectivity index (χ1) is 61.3. The number of allylic oxidation sites excluding steroid dienone is 8. The number of hydrogen-bond donors (Lipinski definition) is 4. The first-order valence-electron chi connectivity index (χ1n) is 46.6. The molecule has 16 heteroatoms. The number of aryl methyl sites for hydroxylation is 8. The number of aliphatic hydroxyl groups is 4. The predicted octanol–water partition coefficient (Wildman–Crippen LogP) is 32.1. The fourth-order valence-electron chi connectivity index (χ4n) is 15.1. The van der Waals surface area contributed by atoms with Gasteiger partial charge in [0.1, 0.15) is 0 Å². The third-order valence-electron chi connectivity index (χ3n) is 21.7. The molecule has 4 aromatic heterocycles. The minimum Gasteiger partial charge on any atom is -0.512 e. The molecule has 134 heavy (non-hydrogen) atoms. The Morgan fingerprint density at radius 3 is 0.799 bits per heavy atom. The van der Waals surface area contributed by atoms with E-state index >= 15 is 0 Å². The van der Waals surface area contributed by atoms with Gasteiger partial charge in [0.05, 0.1) is 45.1 Å². The van der Waals surface area contributed by atoms with Crippen molar-refractivity contribution in [2.75, 3.05) is 0 Å². The Hall–Kier alpha value is -9.16. The molecule has 0 unspecified atom stereocenters. The Kier molecular flexibility index (Phi) is 56.0. The average molecular weight is 2520 g/mol. The predicted molar refractivity (Wildman–Crippen MR) is 549 cm³/mol. The molecule has 728 valence electrons. The minimum atomic E-state index is -0.125. The van der Waals surface area contributed by atoms with Gasteiger partial charge in [0.25, 0.3) is 0 Å². The first kappa shape index (κ1) is 123. The molecule has 0 spiro atoms. The average Bonchev–Trinajstić information content (AvgIpc) is 0.808. The van der Waals surface area contributed by atoms with Crippen molar-refractivity contribution in [1.29, 1.82) is 0 Å². The quantitative estimate of drug-likeness (QED) is 0.0254. The number of benzene rings is 8. The summed E-state index contributed by atoms with van der Waals surface area (Å²) in [4.78, 5) is 63.3. The monoisotopic (exact) mass is 2520 g/mol. The zero-order chi connectivity index (χ0) is 97.1. The number of carbonyl (C=O) groups is 4. The van der Waals surface area contributed by atoms with Crippen LogP contribution in [0, 0.1) is 115 Å². The number of rotatable bonds is 24. The van der Waals surface area contributed by atoms with E-state index in [1.165, 1.54) is 104 Å². The maximum Gasteiger partial charge on any atom is 0.162 e. The Morgan fingerprint density at radius 1 is 0.321 bits per heavy atom. The second-order valence-corrected chi connectivity index (χ2v) is 37.1. The van der Waals surface area contributed by atoms with Gasteiger partial charge in [0.15, 0.2) is 23.1 Å². The van der Waals surface area contributed by atoms with Crippen LogP contribution in [0.25, 0.3) is 88.6 Å². The molecule has 4 N–H and O–H groups in total. The van der Waals surface area contributed by atoms with Crippen LogP contribution in [0.2, 0.25) is 0 Å². The van der Waals surface area contributed by atoms with Crippen molar-refractivity contribution in [3.63, 3.8) is 0 Å². The Labute approximate surface area is 858 Å². The topological polar surface area (TPSA) is 201 Å². The second-order valence-electron chi connectivity index (χ2n) is 37.1. The van der Waals surface area contributed by atoms with Crippen molar-refractivity contribution in [1.82, 2.24) is 19.9 Å². The van der Waals surface area contributed by atoms with Crippen LogP contribution in [0.5, 0.6) is 0 Å². The summed E-state index contributed by atoms with van der Waals surface area (Å²) in [5.74, 6) is 3.66. The van der Waals surface area contributed by atoms with Gasteiger partial charge in [-0.25, -0.2) is 0 Å². The van der Waals surface area contributed by atoms with Crippen molar-refractivity contribution >= 4 is 66.7 Å². The van der Waals surface area contributed by atoms with Gasteiger partial charge in [0, 0.05) is 163 Å². The molecule has 8 aromatic carbocycles. The molecule has 0 saturated heterocycles. The van der Waals surface area contributed by atoms with Crippen LogP contribution in [0.3, 0.4) is 0 Å². The van der Waals surface area contributed by atoms with Crippen molar-refractivity contribution in [2.24, 2.45) is 35.5 Å². The number of ketones is 4. The second kappa shape index (κ2) is 61.1. The zero-order valence-electron chi connectivity index (χ0n) is 85.0. The molecule has 0 aliphatic carbocycles. The number of aromatic nitrogens is 4. The molecule has 0 atom stereocenters. The Balaban J connectivity index is 0.000000777. The van der Waals surface area contributed by atoms with E-state index in [2.05, 4.69) is 305 Å². The van der Waals surface area contributed by atoms with Gasteiger partial charge in [-0.1, -0.05) is 291 Å². The summed E-state index contributed by atoms with van der Waals surface area (Å²) in [7, 11) is 0. The molecular weight excluding hydrogens is 2370 g/mol. The van der Waals surface area contributed by atoms with Gasteiger partial charge in [-0.3, -0.25) is 39.1 Å². The summed E-state index contributed by atoms with van der Waals surface area (Å²) in [5, 5.41) is 41.7. The minimum absolute atomic E-state index is 0. The third-order valence-corrected chi connectivity index (χ3v) is 21.7. The van der Waals surface area contributed by atoms with Crippen LogP contribution in [-0.2, 0) is 99.6 Å². The van der Waals surface area contributed by atoms with Gasteiger partial charge in [0.2, 0.25) is 0 Å². The molecule has 0 bridgehead atoms. The number of nitrogens with zero attached hydrogens (tertiary/aromatic N) is 4. The molecule has 4 radical (unpaired) electrons. The summed E-state index contributed by atoms with van der Waals surface area (Å²) >= 11 is 0. The SMILES string of the molecule is CC(=O)C=C(C)O.CC(C)C(=O)C=C(O)C(C)C.CC(C)CC(=O)C=C(O)CC(C)C.CCC(CC)C(=O)C=C(O)C(CC)CC.Cc1[c-]c(-c2ccc3c(C(C)C)cccc3n2)cc(C)c1.Cc1[c-]c(-c2ccc3c(C(C)C)cccc3n2)cc(C)c1.Cc1[c-]c(-c2ccc3c(C(C)C)cccc3n2)cc(C)c1.Cc1[c-]c(-c2ccc3c(C(C)C)cccc3n2)cc(C)c1.[Ir].[Ir].[Ir].[Ir]. The molecule has 0 aliphatic heterocycles. The third kappa shape index (κ3) is 41.0. The fraction of sp³-hybridized carbons (Fsp3) is 0.390. The normalized spacial score (nSPS) is 11.3. The standard InChI is InChI=1S/4C20H20N.C13H24O2.C11H20O2.C9H16O2.C5H8O2.4Ir/c4*1-13(2)17-6-5-7-20-18(17)8-9-19(21-20)16-11-14(3)10-15(4)12-16;1-5-10(6-2)12(14)9-13(15)11(7-3)8-4;1-8(2)5-10(12)7-11(13)6-9(3)4;1-6(2)8(10)5-9(11)7(3)4;1-4(6)3-5(2)7;;;;/h4*5-11,13H,1-4H3;9-11,14H,5-8H2,1-4H3;7-9,12H,5-6H2,1-4H3;5-7,10H,1-4H3;3,6H,1-2H3;;;;/q4*-1;;;;;;;;. The van der Waals surface area contributed by atoms with E-state index in [1.807, 2.05) is 83.1 Å². The Bertz CT molecular complexity index is 5250. The summed E-state index contributed by atoms with van der Waals surface area (Å²) in [6.45, 7) is 60.8. The summed E-state index contributed by atoms with van der Waals surface area (Å²) in [5.41, 5.74) is 27.6. The summed E-state index contributed by atoms with van der Waals surface area (Å²) in [6.07, 6.45) is 9.85. The van der Waals surface area contributed by atoms with E-state index in [9.17, 15) is 34.5 Å². The molecule has 4 heterocycles. The Morgan fingerprint density at radius 2 is 0.590 bits per heavy atom. The van der Waals surface area contributed by atoms with Crippen molar-refractivity contribution in [3.8, 4) is 45.0 Å². The van der Waals surface area contributed by atoms with Crippen LogP contribution >= 0.6 is 0 Å². The van der Waals surface area contributed by atoms with Crippen molar-refractivity contribution in [2.45, 2.75) is 270 Å². The number of carbonyl (C=O) groups excluding carboxylic acids is 4. The molecule has 0 amide bonds. The van der Waals surface area contributed by atoms with Crippen molar-refractivity contribution < 1.29 is 120 Å². The number of pyridine rings is 4. The molecule has 12 aromatic rings. The van der Waals surface area contributed by atoms with Crippen LogP contribution in [0.4, 0.5) is 0 Å². The van der Waals surface area contributed by atoms with E-state index in [0.717, 1.165) is 115 Å². The molecule has 12 rings (SSSR count). The zero-order valence-corrected chi connectivity index (χ0v) is 94.6. The van der Waals surface area contributed by atoms with Gasteiger partial charge in [-0.2, -0.15) is 0 Å².